The number of primary amides is 1. The number of anilines is 1. The Morgan fingerprint density at radius 2 is 1.76 bits per heavy atom. The number of urea groups is 1. The third kappa shape index (κ3) is 3.07. The van der Waals surface area contributed by atoms with E-state index in [1.807, 2.05) is 48.9 Å². The molecular weight excluding hydrogens is 264 g/mol. The SMILES string of the molecule is CC(C)c1nn(-c2ccccc2)c(C(C)C)c1NC(N)=O. The van der Waals surface area contributed by atoms with Gasteiger partial charge in [-0.3, -0.25) is 0 Å². The summed E-state index contributed by atoms with van der Waals surface area (Å²) in [6.07, 6.45) is 0. The molecule has 0 saturated carbocycles. The van der Waals surface area contributed by atoms with E-state index in [0.29, 0.717) is 0 Å². The number of aromatic nitrogens is 2. The quantitative estimate of drug-likeness (QED) is 0.901. The molecule has 5 heteroatoms. The summed E-state index contributed by atoms with van der Waals surface area (Å²) in [6.45, 7) is 8.25. The zero-order chi connectivity index (χ0) is 15.6. The second-order valence-electron chi connectivity index (χ2n) is 5.69. The minimum absolute atomic E-state index is 0.189. The second kappa shape index (κ2) is 5.99. The van der Waals surface area contributed by atoms with Crippen LogP contribution in [0.5, 0.6) is 0 Å². The lowest BCUT2D eigenvalue weighted by Crippen LogP contribution is -2.21. The normalized spacial score (nSPS) is 11.1. The number of nitrogens with zero attached hydrogens (tertiary/aromatic N) is 2. The van der Waals surface area contributed by atoms with E-state index in [-0.39, 0.29) is 11.8 Å². The van der Waals surface area contributed by atoms with Gasteiger partial charge in [0.1, 0.15) is 0 Å². The fourth-order valence-corrected chi connectivity index (χ4v) is 2.40. The molecule has 2 amide bonds. The van der Waals surface area contributed by atoms with E-state index in [1.165, 1.54) is 0 Å². The molecule has 0 bridgehead atoms. The third-order valence-corrected chi connectivity index (χ3v) is 3.29. The summed E-state index contributed by atoms with van der Waals surface area (Å²) >= 11 is 0. The van der Waals surface area contributed by atoms with Crippen LogP contribution in [0.2, 0.25) is 0 Å². The highest BCUT2D eigenvalue weighted by atomic mass is 16.2. The molecule has 0 fully saturated rings. The number of carbonyl (C=O) groups is 1. The molecule has 0 spiro atoms. The third-order valence-electron chi connectivity index (χ3n) is 3.29. The van der Waals surface area contributed by atoms with Crippen molar-refractivity contribution in [3.63, 3.8) is 0 Å². The molecule has 0 saturated heterocycles. The first kappa shape index (κ1) is 15.1. The van der Waals surface area contributed by atoms with Gasteiger partial charge in [0, 0.05) is 0 Å². The van der Waals surface area contributed by atoms with Crippen molar-refractivity contribution in [2.75, 3.05) is 5.32 Å². The first-order valence-electron chi connectivity index (χ1n) is 7.16. The Hall–Kier alpha value is -2.30. The lowest BCUT2D eigenvalue weighted by atomic mass is 10.0. The highest BCUT2D eigenvalue weighted by Crippen LogP contribution is 2.33. The van der Waals surface area contributed by atoms with Crippen molar-refractivity contribution in [3.8, 4) is 5.69 Å². The van der Waals surface area contributed by atoms with Crippen molar-refractivity contribution in [1.82, 2.24) is 9.78 Å². The maximum atomic E-state index is 11.3. The average Bonchev–Trinajstić information content (AvgIpc) is 2.78. The molecule has 2 rings (SSSR count). The van der Waals surface area contributed by atoms with Crippen molar-refractivity contribution in [2.24, 2.45) is 5.73 Å². The van der Waals surface area contributed by atoms with Crippen LogP contribution in [0.3, 0.4) is 0 Å². The Morgan fingerprint density at radius 1 is 1.14 bits per heavy atom. The van der Waals surface area contributed by atoms with E-state index in [4.69, 9.17) is 10.8 Å². The van der Waals surface area contributed by atoms with E-state index in [1.54, 1.807) is 0 Å². The largest absolute Gasteiger partial charge is 0.351 e. The molecule has 0 aliphatic carbocycles. The Morgan fingerprint density at radius 3 is 2.24 bits per heavy atom. The summed E-state index contributed by atoms with van der Waals surface area (Å²) in [5, 5.41) is 7.45. The fraction of sp³-hybridized carbons (Fsp3) is 0.375. The molecule has 5 nitrogen and oxygen atoms in total. The number of amides is 2. The average molecular weight is 286 g/mol. The number of hydrogen-bond acceptors (Lipinski definition) is 2. The topological polar surface area (TPSA) is 72.9 Å². The van der Waals surface area contributed by atoms with Gasteiger partial charge in [-0.1, -0.05) is 45.9 Å². The molecule has 0 aliphatic heterocycles. The lowest BCUT2D eigenvalue weighted by Gasteiger charge is -2.13. The Balaban J connectivity index is 2.68. The number of rotatable bonds is 4. The molecule has 1 aromatic carbocycles. The Bertz CT molecular complexity index is 629. The summed E-state index contributed by atoms with van der Waals surface area (Å²) in [6, 6.07) is 9.34. The molecule has 0 aliphatic rings. The molecule has 2 aromatic rings. The van der Waals surface area contributed by atoms with E-state index < -0.39 is 6.03 Å². The standard InChI is InChI=1S/C16H22N4O/c1-10(2)13-14(18-16(17)21)15(11(3)4)20(19-13)12-8-6-5-7-9-12/h5-11H,1-4H3,(H3,17,18,21). The monoisotopic (exact) mass is 286 g/mol. The number of hydrogen-bond donors (Lipinski definition) is 2. The first-order chi connectivity index (χ1) is 9.91. The molecule has 21 heavy (non-hydrogen) atoms. The molecule has 1 heterocycles. The van der Waals surface area contributed by atoms with Crippen LogP contribution in [0.4, 0.5) is 10.5 Å². The number of carbonyl (C=O) groups excluding carboxylic acids is 1. The van der Waals surface area contributed by atoms with E-state index in [0.717, 1.165) is 22.8 Å². The van der Waals surface area contributed by atoms with Gasteiger partial charge in [0.25, 0.3) is 0 Å². The molecule has 0 unspecified atom stereocenters. The molecule has 3 N–H and O–H groups in total. The zero-order valence-electron chi connectivity index (χ0n) is 12.9. The first-order valence-corrected chi connectivity index (χ1v) is 7.16. The van der Waals surface area contributed by atoms with Crippen LogP contribution in [0.25, 0.3) is 5.69 Å². The minimum Gasteiger partial charge on any atom is -0.351 e. The van der Waals surface area contributed by atoms with Gasteiger partial charge >= 0.3 is 6.03 Å². The predicted octanol–water partition coefficient (Wildman–Crippen LogP) is 3.61. The van der Waals surface area contributed by atoms with Gasteiger partial charge in [-0.25, -0.2) is 9.48 Å². The van der Waals surface area contributed by atoms with E-state index in [9.17, 15) is 4.79 Å². The molecule has 0 atom stereocenters. The number of benzene rings is 1. The molecule has 1 aromatic heterocycles. The van der Waals surface area contributed by atoms with Crippen LogP contribution < -0.4 is 11.1 Å². The zero-order valence-corrected chi connectivity index (χ0v) is 12.9. The van der Waals surface area contributed by atoms with Gasteiger partial charge in [0.2, 0.25) is 0 Å². The summed E-state index contributed by atoms with van der Waals surface area (Å²) in [4.78, 5) is 11.3. The highest BCUT2D eigenvalue weighted by molar-refractivity contribution is 5.89. The van der Waals surface area contributed by atoms with Crippen LogP contribution >= 0.6 is 0 Å². The van der Waals surface area contributed by atoms with Crippen LogP contribution in [0.1, 0.15) is 50.9 Å². The number of nitrogens with one attached hydrogen (secondary N) is 1. The summed E-state index contributed by atoms with van der Waals surface area (Å²) in [5.74, 6) is 0.390. The maximum absolute atomic E-state index is 11.3. The van der Waals surface area contributed by atoms with Crippen LogP contribution in [0, 0.1) is 0 Å². The van der Waals surface area contributed by atoms with Gasteiger partial charge in [-0.2, -0.15) is 5.10 Å². The van der Waals surface area contributed by atoms with Gasteiger partial charge in [0.15, 0.2) is 0 Å². The lowest BCUT2D eigenvalue weighted by molar-refractivity contribution is 0.259. The van der Waals surface area contributed by atoms with Crippen LogP contribution in [0.15, 0.2) is 30.3 Å². The Kier molecular flexibility index (Phi) is 4.31. The van der Waals surface area contributed by atoms with Gasteiger partial charge in [-0.15, -0.1) is 0 Å². The van der Waals surface area contributed by atoms with Gasteiger partial charge in [-0.05, 0) is 24.0 Å². The van der Waals surface area contributed by atoms with Crippen molar-refractivity contribution >= 4 is 11.7 Å². The Labute approximate surface area is 125 Å². The van der Waals surface area contributed by atoms with Gasteiger partial charge < -0.3 is 11.1 Å². The summed E-state index contributed by atoms with van der Waals surface area (Å²) in [5.41, 5.74) is 8.84. The fourth-order valence-electron chi connectivity index (χ4n) is 2.40. The highest BCUT2D eigenvalue weighted by Gasteiger charge is 2.23. The van der Waals surface area contributed by atoms with Crippen LogP contribution in [-0.2, 0) is 0 Å². The number of para-hydroxylation sites is 1. The summed E-state index contributed by atoms with van der Waals surface area (Å²) in [7, 11) is 0. The van der Waals surface area contributed by atoms with E-state index >= 15 is 0 Å². The smallest absolute Gasteiger partial charge is 0.316 e. The van der Waals surface area contributed by atoms with Crippen molar-refractivity contribution in [1.29, 1.82) is 0 Å². The predicted molar refractivity (Wildman–Crippen MR) is 84.9 cm³/mol. The summed E-state index contributed by atoms with van der Waals surface area (Å²) < 4.78 is 1.89. The maximum Gasteiger partial charge on any atom is 0.316 e. The van der Waals surface area contributed by atoms with Crippen molar-refractivity contribution in [2.45, 2.75) is 39.5 Å². The molecule has 0 radical (unpaired) electrons. The van der Waals surface area contributed by atoms with Gasteiger partial charge in [0.05, 0.1) is 22.8 Å². The van der Waals surface area contributed by atoms with Crippen molar-refractivity contribution < 1.29 is 4.79 Å². The van der Waals surface area contributed by atoms with E-state index in [2.05, 4.69) is 19.2 Å². The van der Waals surface area contributed by atoms with Crippen LogP contribution in [-0.4, -0.2) is 15.8 Å². The molecule has 112 valence electrons. The second-order valence-corrected chi connectivity index (χ2v) is 5.69. The molecular formula is C16H22N4O. The number of nitrogens with two attached hydrogens (primary N) is 1. The van der Waals surface area contributed by atoms with Crippen molar-refractivity contribution in [3.05, 3.63) is 41.7 Å². The minimum atomic E-state index is -0.564.